The average Bonchev–Trinajstić information content (AvgIpc) is 2.87. The minimum absolute atomic E-state index is 0.472. The summed E-state index contributed by atoms with van der Waals surface area (Å²) in [4.78, 5) is 8.18. The van der Waals surface area contributed by atoms with Gasteiger partial charge in [-0.1, -0.05) is 13.8 Å². The van der Waals surface area contributed by atoms with Crippen LogP contribution in [0, 0.1) is 5.92 Å². The number of rotatable bonds is 6. The van der Waals surface area contributed by atoms with Gasteiger partial charge in [-0.2, -0.15) is 0 Å². The number of nitrogens with zero attached hydrogens (tertiary/aromatic N) is 2. The fraction of sp³-hybridized carbons (Fsp3) is 0.385. The molecule has 0 bridgehead atoms. The largest absolute Gasteiger partial charge is 0.477 e. The molecule has 0 aromatic carbocycles. The first kappa shape index (κ1) is 12.4. The quantitative estimate of drug-likeness (QED) is 0.850. The van der Waals surface area contributed by atoms with Gasteiger partial charge in [0.05, 0.1) is 19.4 Å². The first-order valence-electron chi connectivity index (χ1n) is 5.95. The highest BCUT2D eigenvalue weighted by molar-refractivity contribution is 5.37. The summed E-state index contributed by atoms with van der Waals surface area (Å²) in [6.45, 7) is 5.43. The first-order valence-corrected chi connectivity index (χ1v) is 5.95. The Morgan fingerprint density at radius 1 is 1.39 bits per heavy atom. The molecule has 0 saturated carbocycles. The Hall–Kier alpha value is -2.04. The Morgan fingerprint density at radius 2 is 2.28 bits per heavy atom. The lowest BCUT2D eigenvalue weighted by molar-refractivity contribution is 0.261. The van der Waals surface area contributed by atoms with Gasteiger partial charge in [0.2, 0.25) is 5.88 Å². The van der Waals surface area contributed by atoms with Crippen molar-refractivity contribution in [2.24, 2.45) is 5.92 Å². The number of nitrogens with one attached hydrogen (secondary N) is 1. The number of anilines is 1. The van der Waals surface area contributed by atoms with Crippen molar-refractivity contribution < 1.29 is 9.15 Å². The van der Waals surface area contributed by atoms with Crippen LogP contribution in [0.4, 0.5) is 5.82 Å². The average molecular weight is 247 g/mol. The zero-order valence-corrected chi connectivity index (χ0v) is 10.6. The standard InChI is InChI=1S/C13H17N3O2/c1-10(2)8-18-13-6-12(15-9-16-13)14-7-11-4-3-5-17-11/h3-6,9-10H,7-8H2,1-2H3,(H,14,15,16). The van der Waals surface area contributed by atoms with Crippen molar-refractivity contribution in [2.45, 2.75) is 20.4 Å². The van der Waals surface area contributed by atoms with Gasteiger partial charge in [0, 0.05) is 6.07 Å². The van der Waals surface area contributed by atoms with E-state index in [1.54, 1.807) is 12.3 Å². The minimum atomic E-state index is 0.472. The number of ether oxygens (including phenoxy) is 1. The predicted octanol–water partition coefficient (Wildman–Crippen LogP) is 2.72. The molecule has 2 rings (SSSR count). The van der Waals surface area contributed by atoms with Crippen molar-refractivity contribution >= 4 is 5.82 Å². The highest BCUT2D eigenvalue weighted by Crippen LogP contribution is 2.13. The maximum atomic E-state index is 5.53. The minimum Gasteiger partial charge on any atom is -0.477 e. The summed E-state index contributed by atoms with van der Waals surface area (Å²) in [5.74, 6) is 2.64. The molecule has 0 fully saturated rings. The van der Waals surface area contributed by atoms with Crippen LogP contribution in [0.5, 0.6) is 5.88 Å². The SMILES string of the molecule is CC(C)COc1cc(NCc2ccco2)ncn1. The van der Waals surface area contributed by atoms with Crippen molar-refractivity contribution in [1.82, 2.24) is 9.97 Å². The third-order valence-electron chi connectivity index (χ3n) is 2.23. The lowest BCUT2D eigenvalue weighted by Gasteiger charge is -2.08. The molecule has 0 aliphatic rings. The van der Waals surface area contributed by atoms with E-state index in [0.29, 0.717) is 24.9 Å². The molecule has 0 unspecified atom stereocenters. The summed E-state index contributed by atoms with van der Waals surface area (Å²) in [5, 5.41) is 3.15. The highest BCUT2D eigenvalue weighted by Gasteiger charge is 2.02. The Balaban J connectivity index is 1.90. The van der Waals surface area contributed by atoms with Crippen molar-refractivity contribution in [3.05, 3.63) is 36.5 Å². The van der Waals surface area contributed by atoms with E-state index in [9.17, 15) is 0 Å². The fourth-order valence-corrected chi connectivity index (χ4v) is 1.36. The van der Waals surface area contributed by atoms with E-state index in [4.69, 9.17) is 9.15 Å². The zero-order valence-electron chi connectivity index (χ0n) is 10.6. The van der Waals surface area contributed by atoms with Gasteiger partial charge in [0.1, 0.15) is 17.9 Å². The van der Waals surface area contributed by atoms with E-state index in [1.165, 1.54) is 6.33 Å². The lowest BCUT2D eigenvalue weighted by atomic mass is 10.2. The van der Waals surface area contributed by atoms with Gasteiger partial charge in [0.25, 0.3) is 0 Å². The van der Waals surface area contributed by atoms with Crippen molar-refractivity contribution in [1.29, 1.82) is 0 Å². The molecule has 5 heteroatoms. The molecule has 1 N–H and O–H groups in total. The molecule has 18 heavy (non-hydrogen) atoms. The molecule has 0 atom stereocenters. The van der Waals surface area contributed by atoms with Crippen LogP contribution >= 0.6 is 0 Å². The summed E-state index contributed by atoms with van der Waals surface area (Å²) in [5.41, 5.74) is 0. The first-order chi connectivity index (χ1) is 8.74. The van der Waals surface area contributed by atoms with E-state index in [0.717, 1.165) is 11.6 Å². The Labute approximate surface area is 106 Å². The summed E-state index contributed by atoms with van der Waals surface area (Å²) in [7, 11) is 0. The van der Waals surface area contributed by atoms with Crippen LogP contribution < -0.4 is 10.1 Å². The normalized spacial score (nSPS) is 10.6. The van der Waals surface area contributed by atoms with Crippen LogP contribution in [0.3, 0.4) is 0 Å². The third-order valence-corrected chi connectivity index (χ3v) is 2.23. The van der Waals surface area contributed by atoms with Gasteiger partial charge in [-0.15, -0.1) is 0 Å². The van der Waals surface area contributed by atoms with Crippen molar-refractivity contribution in [3.63, 3.8) is 0 Å². The second-order valence-electron chi connectivity index (χ2n) is 4.38. The van der Waals surface area contributed by atoms with Gasteiger partial charge in [0.15, 0.2) is 0 Å². The molecule has 0 radical (unpaired) electrons. The molecular formula is C13H17N3O2. The van der Waals surface area contributed by atoms with Crippen LogP contribution in [-0.4, -0.2) is 16.6 Å². The topological polar surface area (TPSA) is 60.2 Å². The van der Waals surface area contributed by atoms with E-state index in [-0.39, 0.29) is 0 Å². The third kappa shape index (κ3) is 3.76. The monoisotopic (exact) mass is 247 g/mol. The van der Waals surface area contributed by atoms with E-state index < -0.39 is 0 Å². The maximum Gasteiger partial charge on any atom is 0.218 e. The molecule has 2 aromatic rings. The molecule has 0 aliphatic carbocycles. The van der Waals surface area contributed by atoms with Gasteiger partial charge in [-0.25, -0.2) is 9.97 Å². The van der Waals surface area contributed by atoms with Gasteiger partial charge < -0.3 is 14.5 Å². The van der Waals surface area contributed by atoms with Crippen LogP contribution in [0.25, 0.3) is 0 Å². The second-order valence-corrected chi connectivity index (χ2v) is 4.38. The number of hydrogen-bond acceptors (Lipinski definition) is 5. The zero-order chi connectivity index (χ0) is 12.8. The maximum absolute atomic E-state index is 5.53. The number of aromatic nitrogens is 2. The van der Waals surface area contributed by atoms with Gasteiger partial charge >= 0.3 is 0 Å². The molecule has 2 heterocycles. The molecule has 0 amide bonds. The van der Waals surface area contributed by atoms with E-state index in [1.807, 2.05) is 12.1 Å². The molecule has 5 nitrogen and oxygen atoms in total. The van der Waals surface area contributed by atoms with Crippen LogP contribution in [0.1, 0.15) is 19.6 Å². The van der Waals surface area contributed by atoms with Gasteiger partial charge in [-0.3, -0.25) is 0 Å². The lowest BCUT2D eigenvalue weighted by Crippen LogP contribution is -2.07. The smallest absolute Gasteiger partial charge is 0.218 e. The Kier molecular flexibility index (Phi) is 4.17. The van der Waals surface area contributed by atoms with Crippen LogP contribution in [0.2, 0.25) is 0 Å². The second kappa shape index (κ2) is 6.05. The predicted molar refractivity (Wildman–Crippen MR) is 68.4 cm³/mol. The highest BCUT2D eigenvalue weighted by atomic mass is 16.5. The summed E-state index contributed by atoms with van der Waals surface area (Å²) >= 11 is 0. The van der Waals surface area contributed by atoms with E-state index >= 15 is 0 Å². The molecule has 2 aromatic heterocycles. The van der Waals surface area contributed by atoms with Crippen LogP contribution in [0.15, 0.2) is 35.2 Å². The Morgan fingerprint density at radius 3 is 3.00 bits per heavy atom. The van der Waals surface area contributed by atoms with E-state index in [2.05, 4.69) is 29.1 Å². The summed E-state index contributed by atoms with van der Waals surface area (Å²) < 4.78 is 10.8. The Bertz CT molecular complexity index is 469. The summed E-state index contributed by atoms with van der Waals surface area (Å²) in [6.07, 6.45) is 3.13. The molecular weight excluding hydrogens is 230 g/mol. The molecule has 96 valence electrons. The molecule has 0 spiro atoms. The number of furan rings is 1. The fourth-order valence-electron chi connectivity index (χ4n) is 1.36. The van der Waals surface area contributed by atoms with Crippen molar-refractivity contribution in [3.8, 4) is 5.88 Å². The van der Waals surface area contributed by atoms with Crippen LogP contribution in [-0.2, 0) is 6.54 Å². The summed E-state index contributed by atoms with van der Waals surface area (Å²) in [6, 6.07) is 5.55. The molecule has 0 saturated heterocycles. The number of hydrogen-bond donors (Lipinski definition) is 1. The molecule has 0 aliphatic heterocycles. The van der Waals surface area contributed by atoms with Gasteiger partial charge in [-0.05, 0) is 18.1 Å². The van der Waals surface area contributed by atoms with Crippen molar-refractivity contribution in [2.75, 3.05) is 11.9 Å².